The van der Waals surface area contributed by atoms with Crippen molar-refractivity contribution in [2.75, 3.05) is 19.7 Å². The van der Waals surface area contributed by atoms with Crippen LogP contribution in [0.3, 0.4) is 0 Å². The highest BCUT2D eigenvalue weighted by molar-refractivity contribution is 6.30. The van der Waals surface area contributed by atoms with Crippen molar-refractivity contribution in [3.8, 4) is 11.5 Å². The number of benzene rings is 1. The maximum Gasteiger partial charge on any atom is 0.292 e. The molecule has 0 aliphatic carbocycles. The summed E-state index contributed by atoms with van der Waals surface area (Å²) in [6.07, 6.45) is 6.52. The van der Waals surface area contributed by atoms with Gasteiger partial charge in [0.15, 0.2) is 17.3 Å². The van der Waals surface area contributed by atoms with E-state index < -0.39 is 5.79 Å². The maximum absolute atomic E-state index is 9.09. The molecule has 4 aromatic rings. The van der Waals surface area contributed by atoms with Crippen molar-refractivity contribution >= 4 is 28.5 Å². The predicted octanol–water partition coefficient (Wildman–Crippen LogP) is 4.39. The van der Waals surface area contributed by atoms with Gasteiger partial charge in [-0.1, -0.05) is 28.9 Å². The van der Waals surface area contributed by atoms with Gasteiger partial charge in [-0.2, -0.15) is 0 Å². The summed E-state index contributed by atoms with van der Waals surface area (Å²) in [7, 11) is 0. The van der Waals surface area contributed by atoms with Crippen LogP contribution in [0.1, 0.15) is 54.9 Å². The summed E-state index contributed by atoms with van der Waals surface area (Å²) >= 11 is 6.05. The smallest absolute Gasteiger partial charge is 0.292 e. The summed E-state index contributed by atoms with van der Waals surface area (Å²) in [5, 5.41) is 12.7. The van der Waals surface area contributed by atoms with E-state index in [1.807, 2.05) is 25.1 Å². The molecule has 0 radical (unpaired) electrons. The largest absolute Gasteiger partial charge is 0.443 e. The van der Waals surface area contributed by atoms with Gasteiger partial charge in [0.1, 0.15) is 17.2 Å². The highest BCUT2D eigenvalue weighted by Gasteiger charge is 2.42. The van der Waals surface area contributed by atoms with E-state index in [0.717, 1.165) is 73.9 Å². The lowest BCUT2D eigenvalue weighted by Gasteiger charge is -2.33. The first-order valence-electron chi connectivity index (χ1n) is 14.2. The average molecular weight is 590 g/mol. The van der Waals surface area contributed by atoms with E-state index in [2.05, 4.69) is 30.7 Å². The van der Waals surface area contributed by atoms with E-state index in [-0.39, 0.29) is 11.9 Å². The number of hydrogen-bond acceptors (Lipinski definition) is 9. The number of aromatic nitrogens is 4. The fraction of sp³-hybridized carbons (Fsp3) is 0.400. The van der Waals surface area contributed by atoms with Crippen molar-refractivity contribution in [1.29, 1.82) is 0 Å². The molecule has 0 amide bonds. The van der Waals surface area contributed by atoms with Crippen molar-refractivity contribution in [1.82, 2.24) is 24.4 Å². The molecule has 2 fully saturated rings. The second-order valence-corrected chi connectivity index (χ2v) is 11.6. The van der Waals surface area contributed by atoms with Crippen molar-refractivity contribution < 1.29 is 19.4 Å². The number of rotatable bonds is 7. The summed E-state index contributed by atoms with van der Waals surface area (Å²) in [6.45, 7) is 5.95. The molecule has 0 saturated carbocycles. The van der Waals surface area contributed by atoms with Crippen LogP contribution in [0.25, 0.3) is 11.0 Å². The molecule has 218 valence electrons. The van der Waals surface area contributed by atoms with E-state index in [9.17, 15) is 0 Å². The van der Waals surface area contributed by atoms with Gasteiger partial charge in [-0.15, -0.1) is 0 Å². The minimum Gasteiger partial charge on any atom is -0.443 e. The van der Waals surface area contributed by atoms with Gasteiger partial charge in [0.25, 0.3) is 5.79 Å². The van der Waals surface area contributed by atoms with Crippen molar-refractivity contribution in [3.63, 3.8) is 0 Å². The van der Waals surface area contributed by atoms with E-state index in [1.54, 1.807) is 24.5 Å². The minimum absolute atomic E-state index is 0.0380. The molecule has 2 atom stereocenters. The molecule has 2 unspecified atom stereocenters. The molecule has 0 spiro atoms. The van der Waals surface area contributed by atoms with Crippen molar-refractivity contribution in [2.24, 2.45) is 10.9 Å². The molecular weight excluding hydrogens is 558 g/mol. The fourth-order valence-electron chi connectivity index (χ4n) is 6.04. The second kappa shape index (κ2) is 10.7. The van der Waals surface area contributed by atoms with Gasteiger partial charge in [-0.3, -0.25) is 14.9 Å². The first kappa shape index (κ1) is 26.9. The Morgan fingerprint density at radius 3 is 2.69 bits per heavy atom. The lowest BCUT2D eigenvalue weighted by atomic mass is 9.88. The molecule has 3 aliphatic heterocycles. The molecular formula is C30H32ClN7O4. The lowest BCUT2D eigenvalue weighted by Crippen LogP contribution is -2.35. The van der Waals surface area contributed by atoms with Crippen LogP contribution in [0.5, 0.6) is 11.5 Å². The number of likely N-dealkylation sites (tertiary alicyclic amines) is 1. The second-order valence-electron chi connectivity index (χ2n) is 11.2. The Morgan fingerprint density at radius 2 is 1.98 bits per heavy atom. The van der Waals surface area contributed by atoms with Crippen LogP contribution >= 0.6 is 11.6 Å². The highest BCUT2D eigenvalue weighted by atomic mass is 35.5. The zero-order chi connectivity index (χ0) is 28.8. The number of amidine groups is 1. The number of hydrogen-bond donors (Lipinski definition) is 2. The minimum atomic E-state index is -1.00. The Balaban J connectivity index is 1.07. The third-order valence-corrected chi connectivity index (χ3v) is 8.68. The van der Waals surface area contributed by atoms with Gasteiger partial charge in [0, 0.05) is 25.3 Å². The third-order valence-electron chi connectivity index (χ3n) is 8.46. The normalized spacial score (nSPS) is 22.9. The Morgan fingerprint density at radius 1 is 1.14 bits per heavy atom. The van der Waals surface area contributed by atoms with E-state index >= 15 is 0 Å². The first-order chi connectivity index (χ1) is 20.4. The van der Waals surface area contributed by atoms with Crippen LogP contribution in [-0.2, 0) is 23.6 Å². The number of nitrogens with two attached hydrogens (primary N) is 1. The Labute approximate surface area is 247 Å². The Bertz CT molecular complexity index is 1650. The molecule has 1 aromatic carbocycles. The van der Waals surface area contributed by atoms with Gasteiger partial charge in [-0.05, 0) is 62.5 Å². The number of oxime groups is 1. The van der Waals surface area contributed by atoms with Crippen molar-refractivity contribution in [3.05, 3.63) is 76.6 Å². The number of para-hydroxylation sites is 1. The molecule has 6 heterocycles. The SMILES string of the molecule is CC1(c2ccc(Cl)cn2)Oc2cccc(C3CCN(Cc4nc5cc(C(N)=NO)ncc5n4CC4CCO4)CC3)c2O1. The Kier molecular flexibility index (Phi) is 6.88. The van der Waals surface area contributed by atoms with Crippen LogP contribution in [-0.4, -0.2) is 61.3 Å². The first-order valence-corrected chi connectivity index (χ1v) is 14.6. The number of pyridine rings is 2. The molecule has 3 aliphatic rings. The monoisotopic (exact) mass is 589 g/mol. The topological polar surface area (TPSA) is 133 Å². The fourth-order valence-corrected chi connectivity index (χ4v) is 6.15. The molecule has 3 N–H and O–H groups in total. The quantitative estimate of drug-likeness (QED) is 0.139. The summed E-state index contributed by atoms with van der Waals surface area (Å²) in [4.78, 5) is 16.2. The van der Waals surface area contributed by atoms with Gasteiger partial charge < -0.3 is 29.7 Å². The highest BCUT2D eigenvalue weighted by Crippen LogP contribution is 2.49. The Hall–Kier alpha value is -3.93. The number of piperidine rings is 1. The maximum atomic E-state index is 9.09. The lowest BCUT2D eigenvalue weighted by molar-refractivity contribution is -0.0722. The number of imidazole rings is 1. The number of ether oxygens (including phenoxy) is 3. The molecule has 11 nitrogen and oxygen atoms in total. The van der Waals surface area contributed by atoms with Gasteiger partial charge in [-0.25, -0.2) is 4.98 Å². The molecule has 3 aromatic heterocycles. The van der Waals surface area contributed by atoms with Crippen LogP contribution in [0.2, 0.25) is 5.02 Å². The summed E-state index contributed by atoms with van der Waals surface area (Å²) < 4.78 is 20.7. The summed E-state index contributed by atoms with van der Waals surface area (Å²) in [5.41, 5.74) is 9.71. The zero-order valence-corrected chi connectivity index (χ0v) is 24.0. The summed E-state index contributed by atoms with van der Waals surface area (Å²) in [5.74, 6) is 1.79. The molecule has 42 heavy (non-hydrogen) atoms. The number of halogens is 1. The average Bonchev–Trinajstić information content (AvgIpc) is 3.51. The van der Waals surface area contributed by atoms with Crippen LogP contribution in [0, 0.1) is 0 Å². The van der Waals surface area contributed by atoms with E-state index in [4.69, 9.17) is 41.7 Å². The van der Waals surface area contributed by atoms with Gasteiger partial charge in [0.05, 0.1) is 41.4 Å². The molecule has 7 rings (SSSR count). The van der Waals surface area contributed by atoms with Crippen molar-refractivity contribution in [2.45, 2.75) is 57.1 Å². The number of fused-ring (bicyclic) bond motifs is 2. The predicted molar refractivity (Wildman–Crippen MR) is 156 cm³/mol. The van der Waals surface area contributed by atoms with Crippen LogP contribution in [0.15, 0.2) is 53.9 Å². The standard InChI is InChI=1S/C30H32ClN7O4/c1-30(26-6-5-19(31)14-34-26)41-25-4-2-3-21(28(25)42-30)18-7-10-37(11-8-18)17-27-35-22-13-23(29(32)36-39)33-15-24(22)38(27)16-20-9-12-40-20/h2-6,13-15,18,20,39H,7-12,16-17H2,1H3,(H2,32,36). The van der Waals surface area contributed by atoms with Gasteiger partial charge in [0.2, 0.25) is 0 Å². The van der Waals surface area contributed by atoms with Crippen LogP contribution < -0.4 is 15.2 Å². The third kappa shape index (κ3) is 4.91. The molecule has 2 saturated heterocycles. The molecule has 0 bridgehead atoms. The van der Waals surface area contributed by atoms with Crippen LogP contribution in [0.4, 0.5) is 0 Å². The summed E-state index contributed by atoms with van der Waals surface area (Å²) in [6, 6.07) is 11.5. The van der Waals surface area contributed by atoms with Gasteiger partial charge >= 0.3 is 0 Å². The van der Waals surface area contributed by atoms with E-state index in [0.29, 0.717) is 28.9 Å². The molecule has 12 heteroatoms. The van der Waals surface area contributed by atoms with E-state index in [1.165, 1.54) is 5.56 Å². The zero-order valence-electron chi connectivity index (χ0n) is 23.2. The number of nitrogens with zero attached hydrogens (tertiary/aromatic N) is 6.